The first kappa shape index (κ1) is 6.50. The maximum atomic E-state index is 6.40. The Kier molecular flexibility index (Phi) is 2.22. The van der Waals surface area contributed by atoms with E-state index in [0.717, 1.165) is 5.56 Å². The summed E-state index contributed by atoms with van der Waals surface area (Å²) in [6, 6.07) is 11.8. The monoisotopic (exact) mass is 130 g/mol. The highest BCUT2D eigenvalue weighted by Gasteiger charge is 1.78. The maximum absolute atomic E-state index is 6.40. The largest absolute Gasteiger partial charge is 0.195 e. The van der Waals surface area contributed by atoms with Crippen LogP contribution < -0.4 is 0 Å². The summed E-state index contributed by atoms with van der Waals surface area (Å²) in [5, 5.41) is 2.92. The van der Waals surface area contributed by atoms with Crippen molar-refractivity contribution in [1.29, 1.82) is 5.53 Å². The van der Waals surface area contributed by atoms with Crippen molar-refractivity contribution < 1.29 is 0 Å². The van der Waals surface area contributed by atoms with Crippen LogP contribution in [0.2, 0.25) is 0 Å². The molecule has 0 atom stereocenters. The normalized spacial score (nSPS) is 7.60. The zero-order chi connectivity index (χ0) is 7.23. The Balaban J connectivity index is 2.86. The second-order valence-electron chi connectivity index (χ2n) is 1.71. The Morgan fingerprint density at radius 1 is 1.20 bits per heavy atom. The van der Waals surface area contributed by atoms with Gasteiger partial charge in [-0.2, -0.15) is 5.53 Å². The van der Waals surface area contributed by atoms with Crippen molar-refractivity contribution in [2.45, 2.75) is 0 Å². The first-order valence-corrected chi connectivity index (χ1v) is 2.86. The molecule has 0 bridgehead atoms. The van der Waals surface area contributed by atoms with Gasteiger partial charge in [-0.15, -0.1) is 5.11 Å². The van der Waals surface area contributed by atoms with Gasteiger partial charge in [0.15, 0.2) is 0 Å². The minimum Gasteiger partial charge on any atom is -0.195 e. The number of nitrogens with one attached hydrogen (secondary N) is 1. The van der Waals surface area contributed by atoms with E-state index in [0.29, 0.717) is 0 Å². The Bertz CT molecular complexity index is 266. The molecule has 0 fully saturated rings. The van der Waals surface area contributed by atoms with E-state index in [4.69, 9.17) is 5.53 Å². The van der Waals surface area contributed by atoms with Gasteiger partial charge in [-0.1, -0.05) is 18.2 Å². The molecule has 2 nitrogen and oxygen atoms in total. The van der Waals surface area contributed by atoms with Crippen molar-refractivity contribution in [2.75, 3.05) is 0 Å². The maximum Gasteiger partial charge on any atom is 0.0624 e. The molecule has 0 heterocycles. The summed E-state index contributed by atoms with van der Waals surface area (Å²) >= 11 is 0. The van der Waals surface area contributed by atoms with Gasteiger partial charge in [0.1, 0.15) is 0 Å². The number of benzene rings is 1. The summed E-state index contributed by atoms with van der Waals surface area (Å²) in [6.45, 7) is 0. The molecule has 48 valence electrons. The van der Waals surface area contributed by atoms with Gasteiger partial charge < -0.3 is 0 Å². The summed E-state index contributed by atoms with van der Waals surface area (Å²) in [5.41, 5.74) is 7.29. The SMILES string of the molecule is N=NC#Cc1ccccc1. The first-order chi connectivity index (χ1) is 4.93. The molecule has 1 aromatic rings. The molecule has 1 rings (SSSR count). The summed E-state index contributed by atoms with van der Waals surface area (Å²) in [5.74, 6) is 2.69. The first-order valence-electron chi connectivity index (χ1n) is 2.86. The molecular formula is C8H6N2. The van der Waals surface area contributed by atoms with Gasteiger partial charge in [-0.05, 0) is 18.1 Å². The highest BCUT2D eigenvalue weighted by Crippen LogP contribution is 1.94. The van der Waals surface area contributed by atoms with Gasteiger partial charge in [0.05, 0.1) is 6.04 Å². The van der Waals surface area contributed by atoms with E-state index in [-0.39, 0.29) is 0 Å². The van der Waals surface area contributed by atoms with Gasteiger partial charge in [-0.25, -0.2) is 0 Å². The molecule has 1 aromatic carbocycles. The molecule has 0 saturated carbocycles. The van der Waals surface area contributed by atoms with Crippen LogP contribution in [-0.2, 0) is 0 Å². The molecule has 2 heteroatoms. The Morgan fingerprint density at radius 3 is 2.50 bits per heavy atom. The third kappa shape index (κ3) is 1.71. The molecule has 0 saturated heterocycles. The predicted octanol–water partition coefficient (Wildman–Crippen LogP) is 2.03. The molecule has 10 heavy (non-hydrogen) atoms. The van der Waals surface area contributed by atoms with Crippen molar-refractivity contribution in [2.24, 2.45) is 5.11 Å². The highest BCUT2D eigenvalue weighted by atomic mass is 14.9. The molecular weight excluding hydrogens is 124 g/mol. The van der Waals surface area contributed by atoms with E-state index in [1.165, 1.54) is 0 Å². The van der Waals surface area contributed by atoms with Gasteiger partial charge >= 0.3 is 0 Å². The van der Waals surface area contributed by atoms with Crippen molar-refractivity contribution in [3.05, 3.63) is 35.9 Å². The molecule has 0 aliphatic carbocycles. The zero-order valence-corrected chi connectivity index (χ0v) is 5.33. The smallest absolute Gasteiger partial charge is 0.0624 e. The summed E-state index contributed by atoms with van der Waals surface area (Å²) in [6.07, 6.45) is 0. The van der Waals surface area contributed by atoms with Gasteiger partial charge in [0, 0.05) is 5.56 Å². The third-order valence-electron chi connectivity index (χ3n) is 1.03. The fourth-order valence-electron chi connectivity index (χ4n) is 0.614. The van der Waals surface area contributed by atoms with E-state index >= 15 is 0 Å². The average molecular weight is 130 g/mol. The standard InChI is InChI=1S/C8H6N2/c9-10-7-6-8-4-2-1-3-5-8/h1-5,9H. The van der Waals surface area contributed by atoms with Crippen molar-refractivity contribution in [3.8, 4) is 12.0 Å². The van der Waals surface area contributed by atoms with Crippen LogP contribution in [0.5, 0.6) is 0 Å². The van der Waals surface area contributed by atoms with Gasteiger partial charge in [0.2, 0.25) is 0 Å². The van der Waals surface area contributed by atoms with E-state index in [9.17, 15) is 0 Å². The fourth-order valence-corrected chi connectivity index (χ4v) is 0.614. The third-order valence-corrected chi connectivity index (χ3v) is 1.03. The summed E-state index contributed by atoms with van der Waals surface area (Å²) < 4.78 is 0. The van der Waals surface area contributed by atoms with Gasteiger partial charge in [0.25, 0.3) is 0 Å². The molecule has 0 aromatic heterocycles. The molecule has 0 aliphatic rings. The number of hydrogen-bond donors (Lipinski definition) is 1. The Morgan fingerprint density at radius 2 is 1.90 bits per heavy atom. The van der Waals surface area contributed by atoms with Gasteiger partial charge in [-0.3, -0.25) is 0 Å². The molecule has 0 aliphatic heterocycles. The van der Waals surface area contributed by atoms with Crippen LogP contribution in [0.1, 0.15) is 5.56 Å². The predicted molar refractivity (Wildman–Crippen MR) is 38.5 cm³/mol. The molecule has 0 spiro atoms. The number of hydrogen-bond acceptors (Lipinski definition) is 2. The Labute approximate surface area is 59.4 Å². The van der Waals surface area contributed by atoms with E-state index < -0.39 is 0 Å². The van der Waals surface area contributed by atoms with Crippen LogP contribution in [0, 0.1) is 17.5 Å². The molecule has 0 unspecified atom stereocenters. The van der Waals surface area contributed by atoms with E-state index in [1.807, 2.05) is 30.3 Å². The van der Waals surface area contributed by atoms with E-state index in [1.54, 1.807) is 0 Å². The van der Waals surface area contributed by atoms with Crippen molar-refractivity contribution in [1.82, 2.24) is 0 Å². The average Bonchev–Trinajstić information content (AvgIpc) is 2.03. The molecule has 0 amide bonds. The lowest BCUT2D eigenvalue weighted by molar-refractivity contribution is 1.18. The summed E-state index contributed by atoms with van der Waals surface area (Å²) in [4.78, 5) is 0. The van der Waals surface area contributed by atoms with Crippen LogP contribution >= 0.6 is 0 Å². The Hall–Kier alpha value is -1.62. The van der Waals surface area contributed by atoms with Crippen molar-refractivity contribution >= 4 is 0 Å². The molecule has 1 N–H and O–H groups in total. The van der Waals surface area contributed by atoms with Crippen LogP contribution in [0.3, 0.4) is 0 Å². The summed E-state index contributed by atoms with van der Waals surface area (Å²) in [7, 11) is 0. The number of rotatable bonds is 0. The lowest BCUT2D eigenvalue weighted by Crippen LogP contribution is -1.68. The highest BCUT2D eigenvalue weighted by molar-refractivity contribution is 5.32. The number of nitrogens with zero attached hydrogens (tertiary/aromatic N) is 1. The molecule has 0 radical (unpaired) electrons. The van der Waals surface area contributed by atoms with Crippen LogP contribution in [0.4, 0.5) is 0 Å². The topological polar surface area (TPSA) is 36.2 Å². The van der Waals surface area contributed by atoms with Crippen LogP contribution in [0.25, 0.3) is 0 Å². The quantitative estimate of drug-likeness (QED) is 0.412. The van der Waals surface area contributed by atoms with Crippen LogP contribution in [-0.4, -0.2) is 0 Å². The minimum absolute atomic E-state index is 0.888. The lowest BCUT2D eigenvalue weighted by Gasteiger charge is -1.83. The van der Waals surface area contributed by atoms with E-state index in [2.05, 4.69) is 17.1 Å². The minimum atomic E-state index is 0.888. The lowest BCUT2D eigenvalue weighted by atomic mass is 10.2. The van der Waals surface area contributed by atoms with Crippen molar-refractivity contribution in [3.63, 3.8) is 0 Å². The fraction of sp³-hybridized carbons (Fsp3) is 0. The van der Waals surface area contributed by atoms with Crippen LogP contribution in [0.15, 0.2) is 35.4 Å². The second kappa shape index (κ2) is 3.41. The second-order valence-corrected chi connectivity index (χ2v) is 1.71. The zero-order valence-electron chi connectivity index (χ0n) is 5.33.